The zero-order chi connectivity index (χ0) is 16.2. The molecule has 0 heterocycles. The van der Waals surface area contributed by atoms with Gasteiger partial charge in [0.15, 0.2) is 9.84 Å². The SMILES string of the molecule is C=N[C@H](CF)[C@H](OC)c1ccc(S(=O)(=O)C2CCCC2)cc1. The van der Waals surface area contributed by atoms with E-state index in [1.54, 1.807) is 24.3 Å². The van der Waals surface area contributed by atoms with Crippen LogP contribution in [-0.4, -0.2) is 40.2 Å². The molecule has 1 aromatic carbocycles. The molecule has 0 radical (unpaired) electrons. The lowest BCUT2D eigenvalue weighted by Crippen LogP contribution is -2.21. The molecule has 0 amide bonds. The first-order chi connectivity index (χ1) is 10.5. The number of hydrogen-bond acceptors (Lipinski definition) is 4. The molecular formula is C16H22FNO3S. The van der Waals surface area contributed by atoms with Crippen LogP contribution in [0, 0.1) is 0 Å². The van der Waals surface area contributed by atoms with Crippen LogP contribution in [0.4, 0.5) is 4.39 Å². The third-order valence-corrected chi connectivity index (χ3v) is 6.55. The Hall–Kier alpha value is -1.27. The zero-order valence-electron chi connectivity index (χ0n) is 12.7. The van der Waals surface area contributed by atoms with Crippen LogP contribution in [0.3, 0.4) is 0 Å². The first-order valence-corrected chi connectivity index (χ1v) is 8.97. The molecule has 22 heavy (non-hydrogen) atoms. The number of hydrogen-bond donors (Lipinski definition) is 0. The van der Waals surface area contributed by atoms with Crippen molar-refractivity contribution in [1.82, 2.24) is 0 Å². The van der Waals surface area contributed by atoms with Gasteiger partial charge in [0.25, 0.3) is 0 Å². The highest BCUT2D eigenvalue weighted by molar-refractivity contribution is 7.92. The van der Waals surface area contributed by atoms with Crippen molar-refractivity contribution in [2.75, 3.05) is 13.8 Å². The van der Waals surface area contributed by atoms with Gasteiger partial charge in [0.2, 0.25) is 0 Å². The minimum atomic E-state index is -3.27. The van der Waals surface area contributed by atoms with Gasteiger partial charge in [0.05, 0.1) is 10.1 Å². The van der Waals surface area contributed by atoms with Crippen LogP contribution < -0.4 is 0 Å². The number of sulfone groups is 1. The smallest absolute Gasteiger partial charge is 0.181 e. The first-order valence-electron chi connectivity index (χ1n) is 7.43. The standard InChI is InChI=1S/C16H22FNO3S/c1-18-15(11-17)16(21-2)12-7-9-14(10-8-12)22(19,20)13-5-3-4-6-13/h7-10,13,15-16H,1,3-6,11H2,2H3/t15-,16-/m1/s1. The average molecular weight is 327 g/mol. The number of alkyl halides is 1. The van der Waals surface area contributed by atoms with Crippen LogP contribution in [0.5, 0.6) is 0 Å². The molecule has 0 spiro atoms. The van der Waals surface area contributed by atoms with Gasteiger partial charge in [0, 0.05) is 7.11 Å². The molecule has 1 aliphatic carbocycles. The van der Waals surface area contributed by atoms with Crippen molar-refractivity contribution in [3.8, 4) is 0 Å². The number of ether oxygens (including phenoxy) is 1. The molecule has 0 saturated heterocycles. The molecule has 1 aromatic rings. The Morgan fingerprint density at radius 1 is 1.32 bits per heavy atom. The van der Waals surface area contributed by atoms with Crippen LogP contribution in [-0.2, 0) is 14.6 Å². The van der Waals surface area contributed by atoms with Crippen LogP contribution in [0.15, 0.2) is 34.2 Å². The second kappa shape index (κ2) is 7.33. The van der Waals surface area contributed by atoms with E-state index in [9.17, 15) is 12.8 Å². The molecule has 0 N–H and O–H groups in total. The maximum absolute atomic E-state index is 12.9. The molecule has 0 unspecified atom stereocenters. The normalized spacial score (nSPS) is 19.0. The van der Waals surface area contributed by atoms with Crippen molar-refractivity contribution in [3.63, 3.8) is 0 Å². The molecule has 0 aromatic heterocycles. The topological polar surface area (TPSA) is 55.7 Å². The van der Waals surface area contributed by atoms with E-state index in [2.05, 4.69) is 11.7 Å². The van der Waals surface area contributed by atoms with Crippen molar-refractivity contribution >= 4 is 16.6 Å². The molecule has 122 valence electrons. The van der Waals surface area contributed by atoms with Crippen LogP contribution >= 0.6 is 0 Å². The molecule has 1 fully saturated rings. The fourth-order valence-corrected chi connectivity index (χ4v) is 4.83. The second-order valence-corrected chi connectivity index (χ2v) is 7.81. The first kappa shape index (κ1) is 17.1. The second-order valence-electron chi connectivity index (χ2n) is 5.58. The van der Waals surface area contributed by atoms with Crippen molar-refractivity contribution < 1.29 is 17.5 Å². The molecule has 2 atom stereocenters. The minimum absolute atomic E-state index is 0.273. The number of halogens is 1. The number of benzene rings is 1. The van der Waals surface area contributed by atoms with E-state index in [-0.39, 0.29) is 5.25 Å². The summed E-state index contributed by atoms with van der Waals surface area (Å²) in [6.45, 7) is 2.69. The molecule has 0 aliphatic heterocycles. The summed E-state index contributed by atoms with van der Waals surface area (Å²) in [5, 5.41) is -0.273. The molecule has 2 rings (SSSR count). The lowest BCUT2D eigenvalue weighted by atomic mass is 10.0. The highest BCUT2D eigenvalue weighted by atomic mass is 32.2. The predicted molar refractivity (Wildman–Crippen MR) is 84.9 cm³/mol. The summed E-state index contributed by atoms with van der Waals surface area (Å²) in [6.07, 6.45) is 2.84. The predicted octanol–water partition coefficient (Wildman–Crippen LogP) is 3.13. The van der Waals surface area contributed by atoms with E-state index in [1.165, 1.54) is 7.11 Å². The summed E-state index contributed by atoms with van der Waals surface area (Å²) in [6, 6.07) is 5.80. The van der Waals surface area contributed by atoms with Gasteiger partial charge in [-0.2, -0.15) is 0 Å². The summed E-state index contributed by atoms with van der Waals surface area (Å²) in [5.41, 5.74) is 0.697. The Morgan fingerprint density at radius 3 is 2.36 bits per heavy atom. The van der Waals surface area contributed by atoms with Crippen LogP contribution in [0.25, 0.3) is 0 Å². The Bertz CT molecular complexity index is 594. The highest BCUT2D eigenvalue weighted by Gasteiger charge is 2.30. The number of rotatable bonds is 7. The molecule has 6 heteroatoms. The summed E-state index contributed by atoms with van der Waals surface area (Å²) in [4.78, 5) is 4.04. The highest BCUT2D eigenvalue weighted by Crippen LogP contribution is 2.31. The number of aliphatic imine (C=N–C) groups is 1. The van der Waals surface area contributed by atoms with Gasteiger partial charge in [-0.3, -0.25) is 4.99 Å². The number of nitrogens with zero attached hydrogens (tertiary/aromatic N) is 1. The molecule has 1 saturated carbocycles. The molecular weight excluding hydrogens is 305 g/mol. The fraction of sp³-hybridized carbons (Fsp3) is 0.562. The quantitative estimate of drug-likeness (QED) is 0.723. The fourth-order valence-electron chi connectivity index (χ4n) is 2.98. The van der Waals surface area contributed by atoms with E-state index in [4.69, 9.17) is 4.74 Å². The van der Waals surface area contributed by atoms with Gasteiger partial charge in [-0.15, -0.1) is 0 Å². The lowest BCUT2D eigenvalue weighted by molar-refractivity contribution is 0.0731. The van der Waals surface area contributed by atoms with Crippen molar-refractivity contribution in [3.05, 3.63) is 29.8 Å². The van der Waals surface area contributed by atoms with Gasteiger partial charge in [-0.05, 0) is 37.3 Å². The van der Waals surface area contributed by atoms with Gasteiger partial charge in [0.1, 0.15) is 18.8 Å². The van der Waals surface area contributed by atoms with Crippen molar-refractivity contribution in [2.24, 2.45) is 4.99 Å². The Labute approximate surface area is 131 Å². The van der Waals surface area contributed by atoms with Gasteiger partial charge >= 0.3 is 0 Å². The van der Waals surface area contributed by atoms with E-state index in [1.807, 2.05) is 0 Å². The average Bonchev–Trinajstić information content (AvgIpc) is 3.08. The largest absolute Gasteiger partial charge is 0.374 e. The van der Waals surface area contributed by atoms with Crippen LogP contribution in [0.1, 0.15) is 37.4 Å². The maximum Gasteiger partial charge on any atom is 0.181 e. The van der Waals surface area contributed by atoms with E-state index in [0.717, 1.165) is 25.7 Å². The molecule has 1 aliphatic rings. The maximum atomic E-state index is 12.9. The van der Waals surface area contributed by atoms with E-state index >= 15 is 0 Å². The van der Waals surface area contributed by atoms with E-state index in [0.29, 0.717) is 10.5 Å². The summed E-state index contributed by atoms with van der Waals surface area (Å²) in [7, 11) is -1.80. The van der Waals surface area contributed by atoms with Gasteiger partial charge in [-0.1, -0.05) is 25.0 Å². The van der Waals surface area contributed by atoms with Crippen molar-refractivity contribution in [2.45, 2.75) is 48.0 Å². The summed E-state index contributed by atoms with van der Waals surface area (Å²) >= 11 is 0. The monoisotopic (exact) mass is 327 g/mol. The number of methoxy groups -OCH3 is 1. The summed E-state index contributed by atoms with van der Waals surface area (Å²) in [5.74, 6) is 0. The van der Waals surface area contributed by atoms with Gasteiger partial charge in [-0.25, -0.2) is 12.8 Å². The molecule has 4 nitrogen and oxygen atoms in total. The Morgan fingerprint density at radius 2 is 1.91 bits per heavy atom. The summed E-state index contributed by atoms with van der Waals surface area (Å²) < 4.78 is 43.2. The Balaban J connectivity index is 2.24. The third-order valence-electron chi connectivity index (χ3n) is 4.27. The van der Waals surface area contributed by atoms with Crippen LogP contribution in [0.2, 0.25) is 0 Å². The Kier molecular flexibility index (Phi) is 5.69. The van der Waals surface area contributed by atoms with E-state index < -0.39 is 28.7 Å². The van der Waals surface area contributed by atoms with Crippen molar-refractivity contribution in [1.29, 1.82) is 0 Å². The third kappa shape index (κ3) is 3.38. The van der Waals surface area contributed by atoms with Gasteiger partial charge < -0.3 is 4.74 Å². The lowest BCUT2D eigenvalue weighted by Gasteiger charge is -2.21. The zero-order valence-corrected chi connectivity index (χ0v) is 13.6. The molecule has 0 bridgehead atoms. The minimum Gasteiger partial charge on any atom is -0.374 e.